The minimum Gasteiger partial charge on any atom is -0.462 e. The van der Waals surface area contributed by atoms with Crippen LogP contribution in [0.4, 0.5) is 0 Å². The third-order valence-corrected chi connectivity index (χ3v) is 12.2. The zero-order valence-corrected chi connectivity index (χ0v) is 25.1. The minimum absolute atomic E-state index is 0.0515. The molecule has 3 aliphatic carbocycles. The number of hydrogen-bond donors (Lipinski definition) is 0. The molecule has 4 fully saturated rings. The number of hydrogen-bond acceptors (Lipinski definition) is 4. The lowest BCUT2D eigenvalue weighted by molar-refractivity contribution is -0.159. The number of benzene rings is 2. The second-order valence-electron chi connectivity index (χ2n) is 14.1. The molecular formula is C36H45NO4. The lowest BCUT2D eigenvalue weighted by atomic mass is 9.46. The SMILES string of the molecule is CC(COC(=O)c1ccc(C(=O)c2ccccc2)cc1)[C@H]1CC[C@H]2[C@@H]3CCC4N(C)C(=O)CC[C@]4(C)[C@H]3CC[C@]12C. The van der Waals surface area contributed by atoms with E-state index in [1.165, 1.54) is 32.1 Å². The fraction of sp³-hybridized carbons (Fsp3) is 0.583. The molecule has 0 aromatic heterocycles. The molecule has 8 atom stereocenters. The number of carbonyl (C=O) groups excluding carboxylic acids is 3. The highest BCUT2D eigenvalue weighted by Crippen LogP contribution is 2.67. The van der Waals surface area contributed by atoms with Gasteiger partial charge in [-0.25, -0.2) is 4.79 Å². The molecule has 1 heterocycles. The van der Waals surface area contributed by atoms with Gasteiger partial charge < -0.3 is 9.64 Å². The maximum atomic E-state index is 12.9. The molecule has 2 unspecified atom stereocenters. The molecule has 6 rings (SSSR count). The highest BCUT2D eigenvalue weighted by molar-refractivity contribution is 6.09. The number of ketones is 1. The molecule has 1 saturated heterocycles. The van der Waals surface area contributed by atoms with Crippen LogP contribution in [0.25, 0.3) is 0 Å². The molecule has 1 aliphatic heterocycles. The summed E-state index contributed by atoms with van der Waals surface area (Å²) >= 11 is 0. The van der Waals surface area contributed by atoms with Gasteiger partial charge in [-0.2, -0.15) is 0 Å². The van der Waals surface area contributed by atoms with Gasteiger partial charge in [-0.1, -0.05) is 63.2 Å². The van der Waals surface area contributed by atoms with E-state index in [0.29, 0.717) is 59.4 Å². The zero-order valence-electron chi connectivity index (χ0n) is 25.1. The lowest BCUT2D eigenvalue weighted by Gasteiger charge is -2.62. The Morgan fingerprint density at radius 3 is 2.24 bits per heavy atom. The summed E-state index contributed by atoms with van der Waals surface area (Å²) < 4.78 is 5.87. The van der Waals surface area contributed by atoms with E-state index in [4.69, 9.17) is 4.74 Å². The molecule has 218 valence electrons. The zero-order chi connectivity index (χ0) is 28.9. The van der Waals surface area contributed by atoms with Crippen LogP contribution in [0.3, 0.4) is 0 Å². The van der Waals surface area contributed by atoms with Crippen molar-refractivity contribution in [1.82, 2.24) is 4.90 Å². The molecule has 0 N–H and O–H groups in total. The van der Waals surface area contributed by atoms with Crippen molar-refractivity contribution in [2.75, 3.05) is 13.7 Å². The lowest BCUT2D eigenvalue weighted by Crippen LogP contribution is -2.61. The summed E-state index contributed by atoms with van der Waals surface area (Å²) in [6, 6.07) is 16.4. The van der Waals surface area contributed by atoms with Crippen LogP contribution in [0.2, 0.25) is 0 Å². The predicted molar refractivity (Wildman–Crippen MR) is 159 cm³/mol. The smallest absolute Gasteiger partial charge is 0.338 e. The van der Waals surface area contributed by atoms with Crippen molar-refractivity contribution < 1.29 is 19.1 Å². The molecule has 0 spiro atoms. The highest BCUT2D eigenvalue weighted by Gasteiger charge is 2.61. The number of ether oxygens (including phenoxy) is 1. The van der Waals surface area contributed by atoms with E-state index in [9.17, 15) is 14.4 Å². The summed E-state index contributed by atoms with van der Waals surface area (Å²) in [5, 5.41) is 0. The third-order valence-electron chi connectivity index (χ3n) is 12.2. The van der Waals surface area contributed by atoms with Crippen molar-refractivity contribution in [3.63, 3.8) is 0 Å². The first-order valence-corrected chi connectivity index (χ1v) is 15.8. The fourth-order valence-corrected chi connectivity index (χ4v) is 10.0. The molecular weight excluding hydrogens is 510 g/mol. The summed E-state index contributed by atoms with van der Waals surface area (Å²) in [5.41, 5.74) is 2.21. The van der Waals surface area contributed by atoms with Crippen LogP contribution in [0, 0.1) is 40.4 Å². The van der Waals surface area contributed by atoms with Crippen LogP contribution in [0.15, 0.2) is 54.6 Å². The third kappa shape index (κ3) is 4.73. The molecule has 5 heteroatoms. The molecule has 2 aromatic carbocycles. The van der Waals surface area contributed by atoms with Crippen molar-refractivity contribution >= 4 is 17.7 Å². The monoisotopic (exact) mass is 555 g/mol. The van der Waals surface area contributed by atoms with Gasteiger partial charge in [0.25, 0.3) is 0 Å². The number of fused-ring (bicyclic) bond motifs is 5. The van der Waals surface area contributed by atoms with Gasteiger partial charge in [0, 0.05) is 30.6 Å². The van der Waals surface area contributed by atoms with Gasteiger partial charge in [-0.3, -0.25) is 9.59 Å². The molecule has 4 aliphatic rings. The van der Waals surface area contributed by atoms with Crippen molar-refractivity contribution in [2.45, 2.75) is 78.2 Å². The molecule has 3 saturated carbocycles. The number of rotatable bonds is 6. The summed E-state index contributed by atoms with van der Waals surface area (Å²) in [6.07, 6.45) is 9.09. The normalized spacial score (nSPS) is 35.2. The second-order valence-corrected chi connectivity index (χ2v) is 14.1. The van der Waals surface area contributed by atoms with E-state index < -0.39 is 0 Å². The molecule has 1 amide bonds. The predicted octanol–water partition coefficient (Wildman–Crippen LogP) is 7.19. The van der Waals surface area contributed by atoms with E-state index in [-0.39, 0.29) is 22.6 Å². The summed E-state index contributed by atoms with van der Waals surface area (Å²) in [5.74, 6) is 2.98. The molecule has 0 radical (unpaired) electrons. The Morgan fingerprint density at radius 1 is 0.854 bits per heavy atom. The van der Waals surface area contributed by atoms with E-state index in [1.54, 1.807) is 36.4 Å². The standard InChI is InChI=1S/C36H45NO4/c1-23(22-41-34(40)26-12-10-25(11-13-26)33(39)24-8-6-5-7-9-24)28-15-16-29-27-14-17-31-36(3,21-19-32(38)37(31)4)30(27)18-20-35(28,29)2/h5-13,23,27-31H,14-22H2,1-4H3/t23?,27-,28+,29-,30-,31?,35+,36+/m0/s1. The first-order chi connectivity index (χ1) is 19.6. The van der Waals surface area contributed by atoms with Crippen molar-refractivity contribution in [3.05, 3.63) is 71.3 Å². The van der Waals surface area contributed by atoms with E-state index in [1.807, 2.05) is 25.2 Å². The summed E-state index contributed by atoms with van der Waals surface area (Å²) in [7, 11) is 2.03. The quantitative estimate of drug-likeness (QED) is 0.280. The summed E-state index contributed by atoms with van der Waals surface area (Å²) in [6.45, 7) is 7.70. The van der Waals surface area contributed by atoms with Crippen molar-refractivity contribution in [3.8, 4) is 0 Å². The largest absolute Gasteiger partial charge is 0.462 e. The van der Waals surface area contributed by atoms with E-state index in [2.05, 4.69) is 25.7 Å². The first-order valence-electron chi connectivity index (χ1n) is 15.8. The van der Waals surface area contributed by atoms with Crippen LogP contribution in [-0.2, 0) is 9.53 Å². The maximum Gasteiger partial charge on any atom is 0.338 e. The average molecular weight is 556 g/mol. The fourth-order valence-electron chi connectivity index (χ4n) is 10.0. The molecule has 0 bridgehead atoms. The van der Waals surface area contributed by atoms with Crippen LogP contribution < -0.4 is 0 Å². The minimum atomic E-state index is -0.318. The van der Waals surface area contributed by atoms with Gasteiger partial charge in [0.1, 0.15) is 0 Å². The number of carbonyl (C=O) groups is 3. The summed E-state index contributed by atoms with van der Waals surface area (Å²) in [4.78, 5) is 40.2. The van der Waals surface area contributed by atoms with Crippen molar-refractivity contribution in [2.24, 2.45) is 40.4 Å². The van der Waals surface area contributed by atoms with Crippen molar-refractivity contribution in [1.29, 1.82) is 0 Å². The molecule has 2 aromatic rings. The number of piperidine rings is 1. The number of amides is 1. The Morgan fingerprint density at radius 2 is 1.51 bits per heavy atom. The van der Waals surface area contributed by atoms with E-state index >= 15 is 0 Å². The Hall–Kier alpha value is -2.95. The average Bonchev–Trinajstić information content (AvgIpc) is 3.35. The van der Waals surface area contributed by atoms with Gasteiger partial charge in [0.2, 0.25) is 5.91 Å². The van der Waals surface area contributed by atoms with Crippen LogP contribution in [0.5, 0.6) is 0 Å². The molecule has 5 nitrogen and oxygen atoms in total. The van der Waals surface area contributed by atoms with Crippen LogP contribution in [-0.4, -0.2) is 42.3 Å². The Balaban J connectivity index is 1.08. The number of likely N-dealkylation sites (tertiary alicyclic amines) is 1. The Kier molecular flexibility index (Phi) is 7.36. The molecule has 41 heavy (non-hydrogen) atoms. The van der Waals surface area contributed by atoms with Gasteiger partial charge in [-0.15, -0.1) is 0 Å². The maximum absolute atomic E-state index is 12.9. The first kappa shape index (κ1) is 28.2. The van der Waals surface area contributed by atoms with Gasteiger partial charge in [0.15, 0.2) is 5.78 Å². The number of esters is 1. The second kappa shape index (κ2) is 10.7. The Labute approximate surface area is 245 Å². The van der Waals surface area contributed by atoms with Crippen LogP contribution in [0.1, 0.15) is 98.4 Å². The highest BCUT2D eigenvalue weighted by atomic mass is 16.5. The number of nitrogens with zero attached hydrogens (tertiary/aromatic N) is 1. The topological polar surface area (TPSA) is 63.7 Å². The van der Waals surface area contributed by atoms with Crippen LogP contribution >= 0.6 is 0 Å². The van der Waals surface area contributed by atoms with Gasteiger partial charge >= 0.3 is 5.97 Å². The Bertz CT molecular complexity index is 1300. The van der Waals surface area contributed by atoms with E-state index in [0.717, 1.165) is 24.7 Å². The van der Waals surface area contributed by atoms with Gasteiger partial charge in [-0.05, 0) is 97.5 Å². The van der Waals surface area contributed by atoms with Gasteiger partial charge in [0.05, 0.1) is 12.2 Å².